The summed E-state index contributed by atoms with van der Waals surface area (Å²) in [4.78, 5) is 25.2. The minimum atomic E-state index is -2.23. The third-order valence-electron chi connectivity index (χ3n) is 12.3. The van der Waals surface area contributed by atoms with E-state index in [1.165, 1.54) is 7.05 Å². The van der Waals surface area contributed by atoms with Gasteiger partial charge in [-0.15, -0.1) is 0 Å². The number of rotatable bonds is 3. The number of amides is 2. The van der Waals surface area contributed by atoms with Gasteiger partial charge in [0, 0.05) is 44.6 Å². The number of ether oxygens (including phenoxy) is 4. The van der Waals surface area contributed by atoms with Gasteiger partial charge in [0.15, 0.2) is 12.1 Å². The van der Waals surface area contributed by atoms with Gasteiger partial charge in [-0.3, -0.25) is 4.79 Å². The summed E-state index contributed by atoms with van der Waals surface area (Å²) in [5, 5.41) is 114. The van der Waals surface area contributed by atoms with Crippen LogP contribution in [0.15, 0.2) is 85.1 Å². The Balaban J connectivity index is 1.89. The average molecular weight is 952 g/mol. The summed E-state index contributed by atoms with van der Waals surface area (Å²) in [5.41, 5.74) is 6.07. The second-order valence-electron chi connectivity index (χ2n) is 18.0. The Bertz CT molecular complexity index is 1710. The van der Waals surface area contributed by atoms with Crippen molar-refractivity contribution in [3.8, 4) is 0 Å². The molecule has 0 spiro atoms. The van der Waals surface area contributed by atoms with Crippen molar-refractivity contribution < 1.29 is 79.6 Å². The molecule has 0 aliphatic carbocycles. The molecule has 3 aliphatic rings. The van der Waals surface area contributed by atoms with Crippen LogP contribution in [0, 0.1) is 11.8 Å². The Morgan fingerprint density at radius 1 is 0.687 bits per heavy atom. The average Bonchev–Trinajstić information content (AvgIpc) is 3.26. The summed E-state index contributed by atoms with van der Waals surface area (Å²) in [6.07, 6.45) is 5.17. The van der Waals surface area contributed by atoms with Crippen LogP contribution in [0.4, 0.5) is 4.79 Å². The Labute approximate surface area is 393 Å². The summed E-state index contributed by atoms with van der Waals surface area (Å²) in [7, 11) is 1.37. The van der Waals surface area contributed by atoms with E-state index in [-0.39, 0.29) is 31.6 Å². The molecule has 19 atom stereocenters. The van der Waals surface area contributed by atoms with Crippen LogP contribution >= 0.6 is 0 Å². The standard InChI is InChI=1S/C48H77N3O16/c1-28-18-16-14-12-10-8-6-7-9-11-13-15-17-19-35(66-46-45(61)41(49)44(60)31(4)65-46)25-39-42(51-47(62)50-5)38(57)27-48(63,67-39)26-34(54)23-37(56)36(55)21-20-32(52)22-33(53)24-40(58)64-30(3)29(2)43(28)59/h6-19,28-39,41-46,52-57,59-61,63H,20-27,49H2,1-5H3,(H2,50,51,62)/b7-6+,10-8+,11-9+,14-12+,15-13+,18-16+,19-17+/t28-,29-,30-,31+,32+,33+,34-,35-,36+,37+,38-,39-,41-,42+,43+,44+,45-,46-,48+/m0/s1. The number of urea groups is 1. The maximum absolute atomic E-state index is 12.6. The number of hydrogen-bond acceptors (Lipinski definition) is 17. The molecule has 19 nitrogen and oxygen atoms in total. The molecule has 0 radical (unpaired) electrons. The van der Waals surface area contributed by atoms with Gasteiger partial charge in [-0.05, 0) is 33.1 Å². The first-order valence-corrected chi connectivity index (χ1v) is 23.1. The molecule has 0 aromatic rings. The van der Waals surface area contributed by atoms with Crippen LogP contribution in [0.3, 0.4) is 0 Å². The van der Waals surface area contributed by atoms with Gasteiger partial charge >= 0.3 is 12.0 Å². The fraction of sp³-hybridized carbons (Fsp3) is 0.667. The number of nitrogens with one attached hydrogen (secondary N) is 2. The Kier molecular flexibility index (Phi) is 24.8. The largest absolute Gasteiger partial charge is 0.462 e. The molecule has 0 aromatic heterocycles. The van der Waals surface area contributed by atoms with Gasteiger partial charge in [-0.25, -0.2) is 4.79 Å². The van der Waals surface area contributed by atoms with E-state index in [1.54, 1.807) is 69.4 Å². The molecule has 2 fully saturated rings. The lowest BCUT2D eigenvalue weighted by Gasteiger charge is -2.46. The summed E-state index contributed by atoms with van der Waals surface area (Å²) in [6, 6.07) is -2.93. The zero-order chi connectivity index (χ0) is 49.8. The van der Waals surface area contributed by atoms with Crippen molar-refractivity contribution in [1.29, 1.82) is 0 Å². The van der Waals surface area contributed by atoms with Gasteiger partial charge in [0.1, 0.15) is 12.2 Å². The van der Waals surface area contributed by atoms with E-state index in [0.29, 0.717) is 0 Å². The van der Waals surface area contributed by atoms with Gasteiger partial charge in [0.25, 0.3) is 0 Å². The fourth-order valence-corrected chi connectivity index (χ4v) is 8.06. The number of cyclic esters (lactones) is 1. The highest BCUT2D eigenvalue weighted by Gasteiger charge is 2.49. The molecule has 0 saturated carbocycles. The molecule has 19 heteroatoms. The van der Waals surface area contributed by atoms with Crippen LogP contribution in [-0.2, 0) is 23.7 Å². The molecule has 14 N–H and O–H groups in total. The Morgan fingerprint density at radius 2 is 1.27 bits per heavy atom. The molecule has 0 unspecified atom stereocenters. The lowest BCUT2D eigenvalue weighted by atomic mass is 9.87. The SMILES string of the molecule is CNC(=O)N[C@H]1[C@@H]2C[C@@H](O[C@@H]3O[C@H](C)[C@@H](O)[C@H](N)[C@@H]3O)/C=C/C=C/C=C/C=C/C=C/C=C/C=C/[C@H](C)[C@@H](O)[C@@H](C)[C@H](C)OC(=O)C[C@H](O)C[C@H](O)CC[C@@H](O)[C@H](O)C[C@H](O)C[C@](O)(C[C@@H]1O)O2. The molecule has 3 heterocycles. The van der Waals surface area contributed by atoms with Crippen molar-refractivity contribution >= 4 is 12.0 Å². The molecule has 67 heavy (non-hydrogen) atoms. The van der Waals surface area contributed by atoms with Crippen molar-refractivity contribution in [2.75, 3.05) is 7.05 Å². The van der Waals surface area contributed by atoms with Crippen molar-refractivity contribution in [2.45, 2.75) is 183 Å². The number of hydrogen-bond donors (Lipinski definition) is 13. The zero-order valence-electron chi connectivity index (χ0n) is 39.1. The van der Waals surface area contributed by atoms with Crippen molar-refractivity contribution in [1.82, 2.24) is 10.6 Å². The maximum atomic E-state index is 12.6. The highest BCUT2D eigenvalue weighted by atomic mass is 16.7. The first-order chi connectivity index (χ1) is 31.6. The van der Waals surface area contributed by atoms with Crippen LogP contribution in [0.2, 0.25) is 0 Å². The van der Waals surface area contributed by atoms with Crippen molar-refractivity contribution in [2.24, 2.45) is 17.6 Å². The third kappa shape index (κ3) is 19.7. The van der Waals surface area contributed by atoms with Crippen LogP contribution in [0.1, 0.15) is 79.1 Å². The summed E-state index contributed by atoms with van der Waals surface area (Å²) < 4.78 is 23.6. The molecule has 3 aliphatic heterocycles. The van der Waals surface area contributed by atoms with E-state index in [4.69, 9.17) is 24.7 Å². The lowest BCUT2D eigenvalue weighted by Crippen LogP contribution is -2.63. The maximum Gasteiger partial charge on any atom is 0.314 e. The minimum absolute atomic E-state index is 0.0901. The van der Waals surface area contributed by atoms with E-state index < -0.39 is 147 Å². The Morgan fingerprint density at radius 3 is 1.87 bits per heavy atom. The van der Waals surface area contributed by atoms with Crippen LogP contribution in [0.5, 0.6) is 0 Å². The number of esters is 1. The molecular formula is C48H77N3O16. The summed E-state index contributed by atoms with van der Waals surface area (Å²) >= 11 is 0. The Hall–Kier alpha value is -3.64. The van der Waals surface area contributed by atoms with Crippen LogP contribution in [0.25, 0.3) is 0 Å². The third-order valence-corrected chi connectivity index (χ3v) is 12.3. The monoisotopic (exact) mass is 952 g/mol. The number of fused-ring (bicyclic) bond motifs is 2. The number of nitrogens with two attached hydrogens (primary N) is 1. The summed E-state index contributed by atoms with van der Waals surface area (Å²) in [6.45, 7) is 6.79. The molecular weight excluding hydrogens is 875 g/mol. The van der Waals surface area contributed by atoms with E-state index in [9.17, 15) is 60.7 Å². The van der Waals surface area contributed by atoms with Gasteiger partial charge in [0.2, 0.25) is 0 Å². The number of aliphatic hydroxyl groups is 10. The van der Waals surface area contributed by atoms with Gasteiger partial charge in [-0.1, -0.05) is 98.9 Å². The molecule has 2 bridgehead atoms. The van der Waals surface area contributed by atoms with Gasteiger partial charge < -0.3 is 86.4 Å². The quantitative estimate of drug-likeness (QED) is 0.169. The molecule has 2 amide bonds. The molecule has 3 rings (SSSR count). The van der Waals surface area contributed by atoms with Gasteiger partial charge in [-0.2, -0.15) is 0 Å². The number of carbonyl (C=O) groups is 2. The topological polar surface area (TPSA) is 323 Å². The van der Waals surface area contributed by atoms with E-state index >= 15 is 0 Å². The number of allylic oxidation sites excluding steroid dienone is 12. The normalized spacial score (nSPS) is 44.4. The van der Waals surface area contributed by atoms with E-state index in [0.717, 1.165) is 0 Å². The van der Waals surface area contributed by atoms with Gasteiger partial charge in [0.05, 0.1) is 85.6 Å². The number of aliphatic hydroxyl groups excluding tert-OH is 9. The van der Waals surface area contributed by atoms with Crippen molar-refractivity contribution in [3.05, 3.63) is 85.1 Å². The van der Waals surface area contributed by atoms with Crippen LogP contribution in [-0.4, -0.2) is 174 Å². The first kappa shape index (κ1) is 57.7. The second kappa shape index (κ2) is 28.8. The summed E-state index contributed by atoms with van der Waals surface area (Å²) in [5.74, 6) is -3.68. The predicted molar refractivity (Wildman–Crippen MR) is 247 cm³/mol. The highest BCUT2D eigenvalue weighted by molar-refractivity contribution is 5.74. The first-order valence-electron chi connectivity index (χ1n) is 23.1. The minimum Gasteiger partial charge on any atom is -0.462 e. The number of carbonyl (C=O) groups excluding carboxylic acids is 2. The molecule has 0 aromatic carbocycles. The van der Waals surface area contributed by atoms with E-state index in [2.05, 4.69) is 10.6 Å². The fourth-order valence-electron chi connectivity index (χ4n) is 8.06. The highest BCUT2D eigenvalue weighted by Crippen LogP contribution is 2.35. The van der Waals surface area contributed by atoms with Crippen molar-refractivity contribution in [3.63, 3.8) is 0 Å². The second-order valence-corrected chi connectivity index (χ2v) is 18.0. The van der Waals surface area contributed by atoms with Crippen LogP contribution < -0.4 is 16.4 Å². The zero-order valence-corrected chi connectivity index (χ0v) is 39.1. The predicted octanol–water partition coefficient (Wildman–Crippen LogP) is 0.309. The lowest BCUT2D eigenvalue weighted by molar-refractivity contribution is -0.303. The molecule has 2 saturated heterocycles. The van der Waals surface area contributed by atoms with E-state index in [1.807, 2.05) is 43.4 Å². The molecule has 380 valence electrons. The smallest absolute Gasteiger partial charge is 0.314 e.